The van der Waals surface area contributed by atoms with Crippen LogP contribution in [-0.4, -0.2) is 45.7 Å². The molecule has 2 aromatic carbocycles. The molecule has 9 nitrogen and oxygen atoms in total. The smallest absolute Gasteiger partial charge is 0.227 e. The summed E-state index contributed by atoms with van der Waals surface area (Å²) < 4.78 is 6.74. The molecule has 3 aromatic rings. The summed E-state index contributed by atoms with van der Waals surface area (Å²) >= 11 is 5.92. The lowest BCUT2D eigenvalue weighted by molar-refractivity contribution is -0.126. The first kappa shape index (κ1) is 19.8. The number of nitrogens with zero attached hydrogens (tertiary/aromatic N) is 5. The molecule has 1 atom stereocenters. The van der Waals surface area contributed by atoms with E-state index in [0.717, 1.165) is 5.69 Å². The van der Waals surface area contributed by atoms with Crippen LogP contribution in [0.3, 0.4) is 0 Å². The van der Waals surface area contributed by atoms with Gasteiger partial charge in [0, 0.05) is 29.7 Å². The van der Waals surface area contributed by atoms with E-state index in [1.165, 1.54) is 4.68 Å². The third-order valence-corrected chi connectivity index (χ3v) is 5.14. The van der Waals surface area contributed by atoms with Gasteiger partial charge in [0.05, 0.1) is 25.3 Å². The van der Waals surface area contributed by atoms with E-state index in [0.29, 0.717) is 28.8 Å². The summed E-state index contributed by atoms with van der Waals surface area (Å²) in [5, 5.41) is 15.0. The SMILES string of the molecule is COc1cccc(N2CC(C(=O)NCc3nnnn3-c3ccc(Cl)cc3)CC2=O)c1. The third-order valence-electron chi connectivity index (χ3n) is 4.89. The van der Waals surface area contributed by atoms with Crippen molar-refractivity contribution in [2.24, 2.45) is 5.92 Å². The molecule has 1 unspecified atom stereocenters. The first-order chi connectivity index (χ1) is 14.5. The Bertz CT molecular complexity index is 1070. The van der Waals surface area contributed by atoms with Gasteiger partial charge in [0.15, 0.2) is 5.82 Å². The van der Waals surface area contributed by atoms with E-state index in [4.69, 9.17) is 16.3 Å². The number of tetrazole rings is 1. The number of carbonyl (C=O) groups excluding carboxylic acids is 2. The van der Waals surface area contributed by atoms with Gasteiger partial charge in [0.1, 0.15) is 5.75 Å². The second-order valence-electron chi connectivity index (χ2n) is 6.81. The van der Waals surface area contributed by atoms with E-state index in [-0.39, 0.29) is 24.8 Å². The molecule has 1 aliphatic heterocycles. The Kier molecular flexibility index (Phi) is 5.62. The average Bonchev–Trinajstić information content (AvgIpc) is 3.39. The lowest BCUT2D eigenvalue weighted by Gasteiger charge is -2.17. The fourth-order valence-electron chi connectivity index (χ4n) is 3.32. The normalized spacial score (nSPS) is 16.0. The summed E-state index contributed by atoms with van der Waals surface area (Å²) in [6, 6.07) is 14.2. The van der Waals surface area contributed by atoms with Gasteiger partial charge in [-0.25, -0.2) is 0 Å². The minimum atomic E-state index is -0.455. The molecule has 1 aromatic heterocycles. The van der Waals surface area contributed by atoms with Gasteiger partial charge in [0.2, 0.25) is 11.8 Å². The number of aromatic nitrogens is 4. The lowest BCUT2D eigenvalue weighted by Crippen LogP contribution is -2.33. The molecule has 30 heavy (non-hydrogen) atoms. The third kappa shape index (κ3) is 4.11. The molecule has 0 aliphatic carbocycles. The summed E-state index contributed by atoms with van der Waals surface area (Å²) in [6.07, 6.45) is 0.144. The number of methoxy groups -OCH3 is 1. The van der Waals surface area contributed by atoms with E-state index in [1.54, 1.807) is 48.4 Å². The van der Waals surface area contributed by atoms with E-state index < -0.39 is 5.92 Å². The number of rotatable bonds is 6. The van der Waals surface area contributed by atoms with Crippen molar-refractivity contribution in [1.82, 2.24) is 25.5 Å². The van der Waals surface area contributed by atoms with Gasteiger partial charge in [-0.15, -0.1) is 5.10 Å². The van der Waals surface area contributed by atoms with Gasteiger partial charge >= 0.3 is 0 Å². The Morgan fingerprint density at radius 2 is 2.03 bits per heavy atom. The summed E-state index contributed by atoms with van der Waals surface area (Å²) in [7, 11) is 1.57. The monoisotopic (exact) mass is 426 g/mol. The van der Waals surface area contributed by atoms with Crippen LogP contribution in [0.2, 0.25) is 5.02 Å². The lowest BCUT2D eigenvalue weighted by atomic mass is 10.1. The molecule has 2 heterocycles. The Morgan fingerprint density at radius 3 is 2.80 bits per heavy atom. The first-order valence-electron chi connectivity index (χ1n) is 9.30. The summed E-state index contributed by atoms with van der Waals surface area (Å²) in [4.78, 5) is 26.7. The minimum Gasteiger partial charge on any atom is -0.497 e. The molecule has 0 bridgehead atoms. The van der Waals surface area contributed by atoms with Crippen molar-refractivity contribution >= 4 is 29.1 Å². The topological polar surface area (TPSA) is 102 Å². The molecule has 4 rings (SSSR count). The predicted molar refractivity (Wildman–Crippen MR) is 109 cm³/mol. The van der Waals surface area contributed by atoms with Crippen molar-refractivity contribution in [3.05, 3.63) is 59.4 Å². The minimum absolute atomic E-state index is 0.102. The molecule has 1 saturated heterocycles. The fraction of sp³-hybridized carbons (Fsp3) is 0.250. The van der Waals surface area contributed by atoms with E-state index in [9.17, 15) is 9.59 Å². The second-order valence-corrected chi connectivity index (χ2v) is 7.24. The zero-order valence-corrected chi connectivity index (χ0v) is 16.9. The number of amides is 2. The van der Waals surface area contributed by atoms with Crippen molar-refractivity contribution in [2.45, 2.75) is 13.0 Å². The zero-order chi connectivity index (χ0) is 21.1. The van der Waals surface area contributed by atoms with Gasteiger partial charge in [-0.2, -0.15) is 4.68 Å². The maximum Gasteiger partial charge on any atom is 0.227 e. The van der Waals surface area contributed by atoms with Crippen LogP contribution >= 0.6 is 11.6 Å². The largest absolute Gasteiger partial charge is 0.497 e. The second kappa shape index (κ2) is 8.50. The number of anilines is 1. The number of benzene rings is 2. The van der Waals surface area contributed by atoms with Crippen LogP contribution < -0.4 is 15.0 Å². The Balaban J connectivity index is 1.40. The molecule has 1 fully saturated rings. The molecule has 0 saturated carbocycles. The summed E-state index contributed by atoms with van der Waals surface area (Å²) in [6.45, 7) is 0.443. The first-order valence-corrected chi connectivity index (χ1v) is 9.68. The van der Waals surface area contributed by atoms with Gasteiger partial charge in [0.25, 0.3) is 0 Å². The van der Waals surface area contributed by atoms with E-state index >= 15 is 0 Å². The number of ether oxygens (including phenoxy) is 1. The Labute approximate surface area is 177 Å². The van der Waals surface area contributed by atoms with Crippen molar-refractivity contribution < 1.29 is 14.3 Å². The molecular weight excluding hydrogens is 408 g/mol. The molecule has 0 radical (unpaired) electrons. The zero-order valence-electron chi connectivity index (χ0n) is 16.2. The van der Waals surface area contributed by atoms with E-state index in [2.05, 4.69) is 20.8 Å². The highest BCUT2D eigenvalue weighted by Gasteiger charge is 2.35. The van der Waals surface area contributed by atoms with Crippen LogP contribution in [0.15, 0.2) is 48.5 Å². The molecule has 1 N–H and O–H groups in total. The number of nitrogens with one attached hydrogen (secondary N) is 1. The molecule has 1 aliphatic rings. The summed E-state index contributed by atoms with van der Waals surface area (Å²) in [5.74, 6) is 0.347. The van der Waals surface area contributed by atoms with Crippen LogP contribution in [0.1, 0.15) is 12.2 Å². The van der Waals surface area contributed by atoms with Crippen molar-refractivity contribution in [3.8, 4) is 11.4 Å². The quantitative estimate of drug-likeness (QED) is 0.646. The van der Waals surface area contributed by atoms with Gasteiger partial charge in [-0.05, 0) is 46.8 Å². The van der Waals surface area contributed by atoms with E-state index in [1.807, 2.05) is 12.1 Å². The fourth-order valence-corrected chi connectivity index (χ4v) is 3.45. The predicted octanol–water partition coefficient (Wildman–Crippen LogP) is 1.99. The number of hydrogen-bond acceptors (Lipinski definition) is 6. The molecular formula is C20H19ClN6O3. The van der Waals surface area contributed by atoms with Crippen LogP contribution in [0.5, 0.6) is 5.75 Å². The maximum absolute atomic E-state index is 12.7. The van der Waals surface area contributed by atoms with Crippen LogP contribution in [0.4, 0.5) is 5.69 Å². The molecule has 154 valence electrons. The van der Waals surface area contributed by atoms with Crippen molar-refractivity contribution in [2.75, 3.05) is 18.6 Å². The molecule has 10 heteroatoms. The highest BCUT2D eigenvalue weighted by molar-refractivity contribution is 6.30. The summed E-state index contributed by atoms with van der Waals surface area (Å²) in [5.41, 5.74) is 1.44. The molecule has 0 spiro atoms. The standard InChI is InChI=1S/C20H19ClN6O3/c1-30-17-4-2-3-16(10-17)26-12-13(9-19(26)28)20(29)22-11-18-23-24-25-27(18)15-7-5-14(21)6-8-15/h2-8,10,13H,9,11-12H2,1H3,(H,22,29). The number of halogens is 1. The van der Waals surface area contributed by atoms with Gasteiger partial charge < -0.3 is 15.0 Å². The Hall–Kier alpha value is -3.46. The van der Waals surface area contributed by atoms with Gasteiger partial charge in [-0.1, -0.05) is 17.7 Å². The van der Waals surface area contributed by atoms with Crippen LogP contribution in [-0.2, 0) is 16.1 Å². The van der Waals surface area contributed by atoms with Crippen LogP contribution in [0, 0.1) is 5.92 Å². The van der Waals surface area contributed by atoms with Crippen molar-refractivity contribution in [1.29, 1.82) is 0 Å². The van der Waals surface area contributed by atoms with Gasteiger partial charge in [-0.3, -0.25) is 9.59 Å². The molecule has 2 amide bonds. The maximum atomic E-state index is 12.7. The van der Waals surface area contributed by atoms with Crippen LogP contribution in [0.25, 0.3) is 5.69 Å². The highest BCUT2D eigenvalue weighted by Crippen LogP contribution is 2.28. The average molecular weight is 427 g/mol. The highest BCUT2D eigenvalue weighted by atomic mass is 35.5. The number of hydrogen-bond donors (Lipinski definition) is 1. The Morgan fingerprint density at radius 1 is 1.23 bits per heavy atom. The number of carbonyl (C=O) groups is 2. The van der Waals surface area contributed by atoms with Crippen molar-refractivity contribution in [3.63, 3.8) is 0 Å².